The van der Waals surface area contributed by atoms with E-state index in [1.165, 1.54) is 35.2 Å². The highest BCUT2D eigenvalue weighted by Gasteiger charge is 2.15. The van der Waals surface area contributed by atoms with Crippen LogP contribution in [-0.2, 0) is 25.9 Å². The molecule has 1 aliphatic rings. The minimum atomic E-state index is 0.589. The van der Waals surface area contributed by atoms with Crippen LogP contribution < -0.4 is 10.6 Å². The normalized spacial score (nSPS) is 13.2. The lowest BCUT2D eigenvalue weighted by Crippen LogP contribution is -2.24. The molecule has 0 fully saturated rings. The van der Waals surface area contributed by atoms with E-state index in [1.807, 2.05) is 0 Å². The van der Waals surface area contributed by atoms with Gasteiger partial charge in [-0.1, -0.05) is 30.3 Å². The summed E-state index contributed by atoms with van der Waals surface area (Å²) in [6, 6.07) is 12.8. The van der Waals surface area contributed by atoms with Gasteiger partial charge in [0.2, 0.25) is 0 Å². The highest BCUT2D eigenvalue weighted by atomic mass is 15.2. The van der Waals surface area contributed by atoms with Crippen LogP contribution in [-0.4, -0.2) is 11.5 Å². The number of hydrogen-bond donors (Lipinski definition) is 1. The Balaban J connectivity index is 1.85. The summed E-state index contributed by atoms with van der Waals surface area (Å²) in [7, 11) is 0. The molecular formula is C18H23N3. The number of rotatable bonds is 5. The van der Waals surface area contributed by atoms with Crippen molar-refractivity contribution in [1.82, 2.24) is 4.98 Å². The lowest BCUT2D eigenvalue weighted by molar-refractivity contribution is 0.797. The van der Waals surface area contributed by atoms with Gasteiger partial charge in [0.15, 0.2) is 0 Å². The first kappa shape index (κ1) is 14.1. The summed E-state index contributed by atoms with van der Waals surface area (Å²) < 4.78 is 0. The highest BCUT2D eigenvalue weighted by Crippen LogP contribution is 2.24. The molecule has 0 saturated heterocycles. The average Bonchev–Trinajstić information content (AvgIpc) is 3.00. The molecular weight excluding hydrogens is 258 g/mol. The minimum absolute atomic E-state index is 0.589. The van der Waals surface area contributed by atoms with Gasteiger partial charge in [-0.25, -0.2) is 4.98 Å². The largest absolute Gasteiger partial charge is 0.353 e. The molecule has 0 unspecified atom stereocenters. The van der Waals surface area contributed by atoms with Gasteiger partial charge in [-0.3, -0.25) is 0 Å². The standard InChI is InChI=1S/C18H23N3/c1-2-21(13-16-7-4-3-6-15(16)12-19)18-11-10-14-8-5-9-17(14)20-18/h3-4,6-7,10-11H,2,5,8-9,12-13,19H2,1H3. The number of aromatic nitrogens is 1. The maximum absolute atomic E-state index is 5.85. The number of hydrogen-bond acceptors (Lipinski definition) is 3. The summed E-state index contributed by atoms with van der Waals surface area (Å²) in [5.41, 5.74) is 11.1. The molecule has 0 bridgehead atoms. The van der Waals surface area contributed by atoms with Crippen molar-refractivity contribution in [3.63, 3.8) is 0 Å². The zero-order valence-corrected chi connectivity index (χ0v) is 12.7. The van der Waals surface area contributed by atoms with Crippen molar-refractivity contribution in [3.05, 3.63) is 58.8 Å². The van der Waals surface area contributed by atoms with Gasteiger partial charge in [0, 0.05) is 25.3 Å². The third-order valence-electron chi connectivity index (χ3n) is 4.32. The first-order chi connectivity index (χ1) is 10.3. The molecule has 0 spiro atoms. The van der Waals surface area contributed by atoms with Gasteiger partial charge in [0.05, 0.1) is 0 Å². The molecule has 0 amide bonds. The predicted octanol–water partition coefficient (Wildman–Crippen LogP) is 3.06. The predicted molar refractivity (Wildman–Crippen MR) is 87.3 cm³/mol. The zero-order chi connectivity index (χ0) is 14.7. The second kappa shape index (κ2) is 6.27. The molecule has 1 aromatic heterocycles. The van der Waals surface area contributed by atoms with Crippen molar-refractivity contribution in [1.29, 1.82) is 0 Å². The van der Waals surface area contributed by atoms with E-state index < -0.39 is 0 Å². The van der Waals surface area contributed by atoms with Crippen molar-refractivity contribution in [2.24, 2.45) is 5.73 Å². The number of nitrogens with two attached hydrogens (primary N) is 1. The Bertz CT molecular complexity index is 622. The first-order valence-corrected chi connectivity index (χ1v) is 7.82. The summed E-state index contributed by atoms with van der Waals surface area (Å²) in [6.07, 6.45) is 3.55. The van der Waals surface area contributed by atoms with Crippen molar-refractivity contribution < 1.29 is 0 Å². The highest BCUT2D eigenvalue weighted by molar-refractivity contribution is 5.44. The SMILES string of the molecule is CCN(Cc1ccccc1CN)c1ccc2c(n1)CCC2. The van der Waals surface area contributed by atoms with E-state index in [0.29, 0.717) is 6.54 Å². The third kappa shape index (κ3) is 2.93. The first-order valence-electron chi connectivity index (χ1n) is 7.82. The number of fused-ring (bicyclic) bond motifs is 1. The molecule has 3 heteroatoms. The van der Waals surface area contributed by atoms with E-state index in [2.05, 4.69) is 48.2 Å². The monoisotopic (exact) mass is 281 g/mol. The van der Waals surface area contributed by atoms with Crippen LogP contribution in [0.2, 0.25) is 0 Å². The summed E-state index contributed by atoms with van der Waals surface area (Å²) in [4.78, 5) is 7.20. The lowest BCUT2D eigenvalue weighted by atomic mass is 10.1. The molecule has 0 atom stereocenters. The molecule has 3 rings (SSSR count). The van der Waals surface area contributed by atoms with Crippen molar-refractivity contribution in [2.75, 3.05) is 11.4 Å². The molecule has 0 aliphatic heterocycles. The maximum atomic E-state index is 5.85. The van der Waals surface area contributed by atoms with E-state index in [1.54, 1.807) is 0 Å². The van der Waals surface area contributed by atoms with E-state index in [-0.39, 0.29) is 0 Å². The Hall–Kier alpha value is -1.87. The van der Waals surface area contributed by atoms with Gasteiger partial charge >= 0.3 is 0 Å². The van der Waals surface area contributed by atoms with Gasteiger partial charge in [-0.05, 0) is 48.9 Å². The van der Waals surface area contributed by atoms with Crippen molar-refractivity contribution in [2.45, 2.75) is 39.3 Å². The molecule has 3 nitrogen and oxygen atoms in total. The van der Waals surface area contributed by atoms with E-state index in [4.69, 9.17) is 10.7 Å². The van der Waals surface area contributed by atoms with E-state index in [0.717, 1.165) is 25.3 Å². The van der Waals surface area contributed by atoms with E-state index in [9.17, 15) is 0 Å². The third-order valence-corrected chi connectivity index (χ3v) is 4.32. The Kier molecular flexibility index (Phi) is 4.20. The fourth-order valence-corrected chi connectivity index (χ4v) is 3.06. The second-order valence-electron chi connectivity index (χ2n) is 5.62. The van der Waals surface area contributed by atoms with Crippen LogP contribution in [0.3, 0.4) is 0 Å². The molecule has 1 heterocycles. The Morgan fingerprint density at radius 2 is 1.90 bits per heavy atom. The lowest BCUT2D eigenvalue weighted by Gasteiger charge is -2.24. The Morgan fingerprint density at radius 3 is 2.67 bits per heavy atom. The summed E-state index contributed by atoms with van der Waals surface area (Å²) in [5, 5.41) is 0. The topological polar surface area (TPSA) is 42.1 Å². The molecule has 1 aliphatic carbocycles. The maximum Gasteiger partial charge on any atom is 0.129 e. The summed E-state index contributed by atoms with van der Waals surface area (Å²) in [5.74, 6) is 1.09. The summed E-state index contributed by atoms with van der Waals surface area (Å²) in [6.45, 7) is 4.59. The molecule has 0 radical (unpaired) electrons. The van der Waals surface area contributed by atoms with Gasteiger partial charge < -0.3 is 10.6 Å². The number of aryl methyl sites for hydroxylation is 2. The van der Waals surface area contributed by atoms with Crippen LogP contribution in [0.5, 0.6) is 0 Å². The molecule has 2 aromatic rings. The smallest absolute Gasteiger partial charge is 0.129 e. The van der Waals surface area contributed by atoms with Crippen LogP contribution in [0.1, 0.15) is 35.7 Å². The van der Waals surface area contributed by atoms with Gasteiger partial charge in [0.1, 0.15) is 5.82 Å². The van der Waals surface area contributed by atoms with Crippen molar-refractivity contribution >= 4 is 5.82 Å². The van der Waals surface area contributed by atoms with Gasteiger partial charge in [-0.15, -0.1) is 0 Å². The second-order valence-corrected chi connectivity index (χ2v) is 5.62. The van der Waals surface area contributed by atoms with Crippen molar-refractivity contribution in [3.8, 4) is 0 Å². The van der Waals surface area contributed by atoms with Crippen LogP contribution in [0, 0.1) is 0 Å². The zero-order valence-electron chi connectivity index (χ0n) is 12.7. The minimum Gasteiger partial charge on any atom is -0.353 e. The van der Waals surface area contributed by atoms with Gasteiger partial charge in [0.25, 0.3) is 0 Å². The molecule has 1 aromatic carbocycles. The van der Waals surface area contributed by atoms with Crippen LogP contribution in [0.25, 0.3) is 0 Å². The number of nitrogens with zero attached hydrogens (tertiary/aromatic N) is 2. The van der Waals surface area contributed by atoms with E-state index >= 15 is 0 Å². The van der Waals surface area contributed by atoms with Crippen LogP contribution >= 0.6 is 0 Å². The fraction of sp³-hybridized carbons (Fsp3) is 0.389. The summed E-state index contributed by atoms with van der Waals surface area (Å²) >= 11 is 0. The number of benzene rings is 1. The average molecular weight is 281 g/mol. The Morgan fingerprint density at radius 1 is 1.10 bits per heavy atom. The fourth-order valence-electron chi connectivity index (χ4n) is 3.06. The number of anilines is 1. The molecule has 21 heavy (non-hydrogen) atoms. The Labute approximate surface area is 126 Å². The number of pyridine rings is 1. The quantitative estimate of drug-likeness (QED) is 0.916. The van der Waals surface area contributed by atoms with Crippen LogP contribution in [0.4, 0.5) is 5.82 Å². The molecule has 2 N–H and O–H groups in total. The van der Waals surface area contributed by atoms with Gasteiger partial charge in [-0.2, -0.15) is 0 Å². The molecule has 0 saturated carbocycles. The van der Waals surface area contributed by atoms with Crippen LogP contribution in [0.15, 0.2) is 36.4 Å². The molecule has 110 valence electrons.